The molecule has 0 fully saturated rings. The highest BCUT2D eigenvalue weighted by Gasteiger charge is 2.12. The van der Waals surface area contributed by atoms with Crippen LogP contribution in [-0.2, 0) is 21.4 Å². The lowest BCUT2D eigenvalue weighted by Gasteiger charge is -2.12. The number of nitrogens with one attached hydrogen (secondary N) is 3. The minimum absolute atomic E-state index is 0.153. The number of H-pyrrole nitrogens is 1. The first-order valence-electron chi connectivity index (χ1n) is 9.93. The Bertz CT molecular complexity index is 1260. The Balaban J connectivity index is 1.69. The number of hydrogen-bond acceptors (Lipinski definition) is 6. The first-order chi connectivity index (χ1) is 15.2. The Morgan fingerprint density at radius 2 is 1.94 bits per heavy atom. The molecule has 0 aliphatic carbocycles. The number of hydrogen-bond donors (Lipinski definition) is 3. The fourth-order valence-electron chi connectivity index (χ4n) is 3.06. The van der Waals surface area contributed by atoms with Crippen molar-refractivity contribution in [3.05, 3.63) is 52.8 Å². The van der Waals surface area contributed by atoms with Crippen molar-refractivity contribution in [1.82, 2.24) is 14.8 Å². The van der Waals surface area contributed by atoms with Crippen molar-refractivity contribution < 1.29 is 17.9 Å². The van der Waals surface area contributed by atoms with Crippen LogP contribution in [0.4, 0.5) is 11.4 Å². The molecule has 9 nitrogen and oxygen atoms in total. The maximum atomic E-state index is 12.5. The van der Waals surface area contributed by atoms with Crippen LogP contribution in [0.1, 0.15) is 18.9 Å². The second kappa shape index (κ2) is 9.96. The summed E-state index contributed by atoms with van der Waals surface area (Å²) in [7, 11) is -3.42. The highest BCUT2D eigenvalue weighted by Crippen LogP contribution is 2.23. The molecule has 11 heteroatoms. The van der Waals surface area contributed by atoms with Gasteiger partial charge >= 0.3 is 0 Å². The number of anilines is 2. The Labute approximate surface area is 191 Å². The summed E-state index contributed by atoms with van der Waals surface area (Å²) < 4.78 is 33.1. The summed E-state index contributed by atoms with van der Waals surface area (Å²) in [6.07, 6.45) is 1.23. The van der Waals surface area contributed by atoms with Gasteiger partial charge in [0.25, 0.3) is 0 Å². The van der Waals surface area contributed by atoms with E-state index in [1.807, 2.05) is 31.2 Å². The number of rotatable bonds is 9. The Morgan fingerprint density at radius 1 is 1.22 bits per heavy atom. The molecule has 32 heavy (non-hydrogen) atoms. The van der Waals surface area contributed by atoms with Crippen molar-refractivity contribution in [2.45, 2.75) is 26.8 Å². The summed E-state index contributed by atoms with van der Waals surface area (Å²) in [6, 6.07) is 12.5. The van der Waals surface area contributed by atoms with Crippen molar-refractivity contribution >= 4 is 39.5 Å². The van der Waals surface area contributed by atoms with Crippen LogP contribution in [0.15, 0.2) is 42.5 Å². The minimum Gasteiger partial charge on any atom is -0.494 e. The first kappa shape index (κ1) is 23.5. The smallest absolute Gasteiger partial charge is 0.229 e. The monoisotopic (exact) mass is 475 g/mol. The van der Waals surface area contributed by atoms with E-state index in [0.29, 0.717) is 35.1 Å². The quantitative estimate of drug-likeness (QED) is 0.406. The summed E-state index contributed by atoms with van der Waals surface area (Å²) in [6.45, 7) is 4.61. The van der Waals surface area contributed by atoms with Crippen LogP contribution in [0.2, 0.25) is 0 Å². The molecule has 2 aromatic carbocycles. The van der Waals surface area contributed by atoms with Crippen LogP contribution in [0, 0.1) is 11.7 Å². The number of sulfonamides is 1. The molecule has 3 N–H and O–H groups in total. The lowest BCUT2D eigenvalue weighted by molar-refractivity contribution is -0.116. The van der Waals surface area contributed by atoms with Gasteiger partial charge in [0.05, 0.1) is 18.6 Å². The third-order valence-corrected chi connectivity index (χ3v) is 5.46. The largest absolute Gasteiger partial charge is 0.494 e. The molecule has 1 amide bonds. The van der Waals surface area contributed by atoms with E-state index in [9.17, 15) is 13.2 Å². The van der Waals surface area contributed by atoms with Crippen molar-refractivity contribution in [1.29, 1.82) is 0 Å². The number of aryl methyl sites for hydroxylation is 1. The van der Waals surface area contributed by atoms with Crippen LogP contribution in [0.5, 0.6) is 5.75 Å². The van der Waals surface area contributed by atoms with E-state index in [4.69, 9.17) is 17.0 Å². The maximum Gasteiger partial charge on any atom is 0.229 e. The van der Waals surface area contributed by atoms with Crippen molar-refractivity contribution in [3.63, 3.8) is 0 Å². The Morgan fingerprint density at radius 3 is 2.59 bits per heavy atom. The third kappa shape index (κ3) is 6.17. The second-order valence-electron chi connectivity index (χ2n) is 7.16. The molecule has 1 heterocycles. The molecule has 0 aliphatic rings. The Hall–Kier alpha value is -3.18. The molecule has 0 bridgehead atoms. The van der Waals surface area contributed by atoms with Crippen LogP contribution in [0.25, 0.3) is 11.4 Å². The zero-order valence-corrected chi connectivity index (χ0v) is 19.6. The summed E-state index contributed by atoms with van der Waals surface area (Å²) in [5, 5.41) is 9.85. The number of amides is 1. The summed E-state index contributed by atoms with van der Waals surface area (Å²) in [4.78, 5) is 12.5. The summed E-state index contributed by atoms with van der Waals surface area (Å²) >= 11 is 5.33. The minimum atomic E-state index is -3.42. The molecular formula is C21H25N5O4S2. The predicted molar refractivity (Wildman–Crippen MR) is 127 cm³/mol. The standard InChI is InChI=1S/C21H25N5O4S2/c1-4-30-17-9-6-15(7-10-17)20-23-24-21(31)26(20)12-11-19(27)22-16-8-5-14(2)18(13-16)25-32(3,28)29/h5-10,13,25H,4,11-12H2,1-3H3,(H,22,27)(H,24,31). The van der Waals surface area contributed by atoms with Gasteiger partial charge in [0, 0.05) is 24.2 Å². The molecule has 1 aromatic heterocycles. The zero-order valence-electron chi connectivity index (χ0n) is 18.0. The van der Waals surface area contributed by atoms with Gasteiger partial charge < -0.3 is 10.1 Å². The van der Waals surface area contributed by atoms with Crippen molar-refractivity contribution in [3.8, 4) is 17.1 Å². The summed E-state index contributed by atoms with van der Waals surface area (Å²) in [5.41, 5.74) is 2.50. The van der Waals surface area contributed by atoms with Gasteiger partial charge in [-0.2, -0.15) is 5.10 Å². The predicted octanol–water partition coefficient (Wildman–Crippen LogP) is 3.72. The van der Waals surface area contributed by atoms with E-state index in [2.05, 4.69) is 20.2 Å². The van der Waals surface area contributed by atoms with Gasteiger partial charge in [-0.3, -0.25) is 19.2 Å². The van der Waals surface area contributed by atoms with Crippen LogP contribution >= 0.6 is 12.2 Å². The molecule has 0 atom stereocenters. The summed E-state index contributed by atoms with van der Waals surface area (Å²) in [5.74, 6) is 1.15. The molecule has 170 valence electrons. The van der Waals surface area contributed by atoms with Gasteiger partial charge in [-0.05, 0) is 68.0 Å². The number of nitrogens with zero attached hydrogens (tertiary/aromatic N) is 2. The van der Waals surface area contributed by atoms with Gasteiger partial charge in [-0.15, -0.1) is 0 Å². The third-order valence-electron chi connectivity index (χ3n) is 4.56. The van der Waals surface area contributed by atoms with E-state index in [1.165, 1.54) is 0 Å². The van der Waals surface area contributed by atoms with Crippen LogP contribution in [0.3, 0.4) is 0 Å². The molecule has 0 unspecified atom stereocenters. The molecule has 0 saturated carbocycles. The molecule has 3 aromatic rings. The number of ether oxygens (including phenoxy) is 1. The average Bonchev–Trinajstić information content (AvgIpc) is 3.09. The zero-order chi connectivity index (χ0) is 23.3. The van der Waals surface area contributed by atoms with Gasteiger partial charge in [-0.25, -0.2) is 8.42 Å². The van der Waals surface area contributed by atoms with Crippen molar-refractivity contribution in [2.75, 3.05) is 22.9 Å². The second-order valence-corrected chi connectivity index (χ2v) is 9.30. The number of benzene rings is 2. The Kier molecular flexibility index (Phi) is 7.31. The number of aromatic nitrogens is 3. The van der Waals surface area contributed by atoms with Crippen LogP contribution in [-0.4, -0.2) is 42.0 Å². The molecule has 0 saturated heterocycles. The highest BCUT2D eigenvalue weighted by molar-refractivity contribution is 7.92. The van der Waals surface area contributed by atoms with Crippen molar-refractivity contribution in [2.24, 2.45) is 0 Å². The fraction of sp³-hybridized carbons (Fsp3) is 0.286. The number of carbonyl (C=O) groups excluding carboxylic acids is 1. The number of aromatic amines is 1. The maximum absolute atomic E-state index is 12.5. The van der Waals surface area contributed by atoms with Gasteiger partial charge in [-0.1, -0.05) is 6.07 Å². The van der Waals surface area contributed by atoms with E-state index >= 15 is 0 Å². The van der Waals surface area contributed by atoms with E-state index in [0.717, 1.165) is 23.1 Å². The average molecular weight is 476 g/mol. The van der Waals surface area contributed by atoms with E-state index in [1.54, 1.807) is 29.7 Å². The molecule has 0 spiro atoms. The topological polar surface area (TPSA) is 118 Å². The van der Waals surface area contributed by atoms with E-state index in [-0.39, 0.29) is 12.3 Å². The van der Waals surface area contributed by atoms with E-state index < -0.39 is 10.0 Å². The van der Waals surface area contributed by atoms with Gasteiger partial charge in [0.2, 0.25) is 15.9 Å². The normalized spacial score (nSPS) is 11.2. The molecule has 0 aliphatic heterocycles. The van der Waals surface area contributed by atoms with Gasteiger partial charge in [0.1, 0.15) is 5.75 Å². The highest BCUT2D eigenvalue weighted by atomic mass is 32.2. The fourth-order valence-corrected chi connectivity index (χ4v) is 3.90. The van der Waals surface area contributed by atoms with Gasteiger partial charge in [0.15, 0.2) is 10.6 Å². The molecule has 3 rings (SSSR count). The molecular weight excluding hydrogens is 450 g/mol. The number of carbonyl (C=O) groups is 1. The molecule has 0 radical (unpaired) electrons. The first-order valence-corrected chi connectivity index (χ1v) is 12.2. The SMILES string of the molecule is CCOc1ccc(-c2n[nH]c(=S)n2CCC(=O)Nc2ccc(C)c(NS(C)(=O)=O)c2)cc1. The lowest BCUT2D eigenvalue weighted by Crippen LogP contribution is -2.16. The lowest BCUT2D eigenvalue weighted by atomic mass is 10.2. The van der Waals surface area contributed by atoms with Crippen LogP contribution < -0.4 is 14.8 Å².